The zero-order chi connectivity index (χ0) is 11.5. The van der Waals surface area contributed by atoms with Crippen LogP contribution in [-0.4, -0.2) is 5.91 Å². The molecule has 0 aromatic heterocycles. The Balaban J connectivity index is 2.63. The highest BCUT2D eigenvalue weighted by Crippen LogP contribution is 2.26. The Morgan fingerprint density at radius 2 is 1.75 bits per heavy atom. The van der Waals surface area contributed by atoms with Gasteiger partial charge in [0, 0.05) is 10.6 Å². The minimum Gasteiger partial charge on any atom is -0.366 e. The molecule has 0 saturated carbocycles. The summed E-state index contributed by atoms with van der Waals surface area (Å²) in [5.74, 6) is -0.449. The van der Waals surface area contributed by atoms with E-state index in [1.807, 2.05) is 30.3 Å². The van der Waals surface area contributed by atoms with Crippen LogP contribution in [0.3, 0.4) is 0 Å². The highest BCUT2D eigenvalue weighted by molar-refractivity contribution is 6.31. The number of carbonyl (C=O) groups excluding carboxylic acids is 1. The SMILES string of the molecule is NC(=O)c1ccc(Cl)cc1-c1ccccc1. The standard InChI is InChI=1S/C13H10ClNO/c14-10-6-7-11(13(15)16)12(8-10)9-4-2-1-3-5-9/h1-8H,(H2,15,16). The maximum absolute atomic E-state index is 11.3. The largest absolute Gasteiger partial charge is 0.366 e. The summed E-state index contributed by atoms with van der Waals surface area (Å²) in [6.45, 7) is 0. The molecule has 0 aliphatic rings. The Hall–Kier alpha value is -1.80. The molecule has 0 saturated heterocycles. The zero-order valence-corrected chi connectivity index (χ0v) is 9.24. The fourth-order valence-corrected chi connectivity index (χ4v) is 1.76. The summed E-state index contributed by atoms with van der Waals surface area (Å²) in [4.78, 5) is 11.3. The maximum Gasteiger partial charge on any atom is 0.249 e. The minimum absolute atomic E-state index is 0.449. The van der Waals surface area contributed by atoms with E-state index in [1.165, 1.54) is 0 Å². The second kappa shape index (κ2) is 4.37. The van der Waals surface area contributed by atoms with Crippen molar-refractivity contribution in [3.05, 3.63) is 59.1 Å². The van der Waals surface area contributed by atoms with Crippen LogP contribution in [0.25, 0.3) is 11.1 Å². The van der Waals surface area contributed by atoms with Crippen LogP contribution in [0.5, 0.6) is 0 Å². The van der Waals surface area contributed by atoms with E-state index in [9.17, 15) is 4.79 Å². The van der Waals surface area contributed by atoms with Crippen molar-refractivity contribution in [2.75, 3.05) is 0 Å². The summed E-state index contributed by atoms with van der Waals surface area (Å²) in [5, 5.41) is 0.587. The van der Waals surface area contributed by atoms with Gasteiger partial charge in [0.05, 0.1) is 0 Å². The van der Waals surface area contributed by atoms with Crippen LogP contribution in [0, 0.1) is 0 Å². The molecule has 0 aliphatic heterocycles. The number of nitrogens with two attached hydrogens (primary N) is 1. The first-order valence-corrected chi connectivity index (χ1v) is 5.21. The number of rotatable bonds is 2. The van der Waals surface area contributed by atoms with Gasteiger partial charge in [-0.15, -0.1) is 0 Å². The van der Waals surface area contributed by atoms with Crippen molar-refractivity contribution in [2.45, 2.75) is 0 Å². The molecule has 2 aromatic carbocycles. The van der Waals surface area contributed by atoms with Crippen LogP contribution in [0.15, 0.2) is 48.5 Å². The zero-order valence-electron chi connectivity index (χ0n) is 8.48. The number of hydrogen-bond acceptors (Lipinski definition) is 1. The summed E-state index contributed by atoms with van der Waals surface area (Å²) in [6, 6.07) is 14.6. The lowest BCUT2D eigenvalue weighted by Crippen LogP contribution is -2.12. The van der Waals surface area contributed by atoms with Gasteiger partial charge in [-0.3, -0.25) is 4.79 Å². The van der Waals surface area contributed by atoms with Gasteiger partial charge in [-0.2, -0.15) is 0 Å². The molecule has 80 valence electrons. The first kappa shape index (κ1) is 10.7. The van der Waals surface area contributed by atoms with Gasteiger partial charge in [-0.25, -0.2) is 0 Å². The predicted molar refractivity (Wildman–Crippen MR) is 65.4 cm³/mol. The van der Waals surface area contributed by atoms with Crippen LogP contribution in [0.2, 0.25) is 5.02 Å². The third-order valence-corrected chi connectivity index (χ3v) is 2.57. The van der Waals surface area contributed by atoms with Gasteiger partial charge >= 0.3 is 0 Å². The molecule has 2 rings (SSSR count). The van der Waals surface area contributed by atoms with Crippen LogP contribution >= 0.6 is 11.6 Å². The first-order valence-electron chi connectivity index (χ1n) is 4.83. The average Bonchev–Trinajstić information content (AvgIpc) is 2.29. The maximum atomic E-state index is 11.3. The summed E-state index contributed by atoms with van der Waals surface area (Å²) < 4.78 is 0. The molecule has 0 unspecified atom stereocenters. The fraction of sp³-hybridized carbons (Fsp3) is 0. The Kier molecular flexibility index (Phi) is 2.93. The summed E-state index contributed by atoms with van der Waals surface area (Å²) >= 11 is 5.92. The average molecular weight is 232 g/mol. The Morgan fingerprint density at radius 1 is 1.06 bits per heavy atom. The highest BCUT2D eigenvalue weighted by atomic mass is 35.5. The van der Waals surface area contributed by atoms with Gasteiger partial charge in [-0.1, -0.05) is 41.9 Å². The molecule has 0 bridgehead atoms. The molecular formula is C13H10ClNO. The van der Waals surface area contributed by atoms with Crippen molar-refractivity contribution in [1.29, 1.82) is 0 Å². The minimum atomic E-state index is -0.449. The smallest absolute Gasteiger partial charge is 0.249 e. The molecule has 2 N–H and O–H groups in total. The predicted octanol–water partition coefficient (Wildman–Crippen LogP) is 3.11. The molecule has 0 spiro atoms. The van der Waals surface area contributed by atoms with Crippen LogP contribution in [0.4, 0.5) is 0 Å². The number of halogens is 1. The lowest BCUT2D eigenvalue weighted by Gasteiger charge is -2.07. The van der Waals surface area contributed by atoms with Crippen LogP contribution in [0.1, 0.15) is 10.4 Å². The molecule has 0 atom stereocenters. The van der Waals surface area contributed by atoms with Gasteiger partial charge < -0.3 is 5.73 Å². The number of amides is 1. The molecular weight excluding hydrogens is 222 g/mol. The second-order valence-corrected chi connectivity index (χ2v) is 3.86. The van der Waals surface area contributed by atoms with Crippen molar-refractivity contribution < 1.29 is 4.79 Å². The van der Waals surface area contributed by atoms with Gasteiger partial charge in [-0.05, 0) is 29.3 Å². The van der Waals surface area contributed by atoms with Gasteiger partial charge in [0.25, 0.3) is 0 Å². The molecule has 0 heterocycles. The van der Waals surface area contributed by atoms with Crippen LogP contribution < -0.4 is 5.73 Å². The Labute approximate surface area is 98.7 Å². The Morgan fingerprint density at radius 3 is 2.38 bits per heavy atom. The van der Waals surface area contributed by atoms with E-state index in [0.717, 1.165) is 11.1 Å². The molecule has 0 aliphatic carbocycles. The lowest BCUT2D eigenvalue weighted by molar-refractivity contribution is 0.100. The summed E-state index contributed by atoms with van der Waals surface area (Å²) in [5.41, 5.74) is 7.50. The van der Waals surface area contributed by atoms with Gasteiger partial charge in [0.2, 0.25) is 5.91 Å². The van der Waals surface area contributed by atoms with E-state index >= 15 is 0 Å². The van der Waals surface area contributed by atoms with E-state index < -0.39 is 5.91 Å². The normalized spacial score (nSPS) is 10.1. The number of benzene rings is 2. The molecule has 3 heteroatoms. The molecule has 1 amide bonds. The Bertz CT molecular complexity index is 523. The summed E-state index contributed by atoms with van der Waals surface area (Å²) in [6.07, 6.45) is 0. The number of carbonyl (C=O) groups is 1. The quantitative estimate of drug-likeness (QED) is 0.848. The van der Waals surface area contributed by atoms with E-state index in [-0.39, 0.29) is 0 Å². The number of primary amides is 1. The van der Waals surface area contributed by atoms with Gasteiger partial charge in [0.15, 0.2) is 0 Å². The molecule has 16 heavy (non-hydrogen) atoms. The van der Waals surface area contributed by atoms with E-state index in [0.29, 0.717) is 10.6 Å². The molecule has 0 radical (unpaired) electrons. The van der Waals surface area contributed by atoms with Crippen molar-refractivity contribution in [3.63, 3.8) is 0 Å². The van der Waals surface area contributed by atoms with E-state index in [4.69, 9.17) is 17.3 Å². The van der Waals surface area contributed by atoms with Crippen molar-refractivity contribution in [1.82, 2.24) is 0 Å². The highest BCUT2D eigenvalue weighted by Gasteiger charge is 2.09. The van der Waals surface area contributed by atoms with Crippen LogP contribution in [-0.2, 0) is 0 Å². The number of hydrogen-bond donors (Lipinski definition) is 1. The third-order valence-electron chi connectivity index (χ3n) is 2.33. The topological polar surface area (TPSA) is 43.1 Å². The first-order chi connectivity index (χ1) is 7.68. The monoisotopic (exact) mass is 231 g/mol. The fourth-order valence-electron chi connectivity index (χ4n) is 1.59. The van der Waals surface area contributed by atoms with Crippen molar-refractivity contribution in [3.8, 4) is 11.1 Å². The molecule has 2 nitrogen and oxygen atoms in total. The third kappa shape index (κ3) is 2.07. The van der Waals surface area contributed by atoms with Crippen molar-refractivity contribution >= 4 is 17.5 Å². The lowest BCUT2D eigenvalue weighted by atomic mass is 9.99. The summed E-state index contributed by atoms with van der Waals surface area (Å²) in [7, 11) is 0. The van der Waals surface area contributed by atoms with E-state index in [1.54, 1.807) is 18.2 Å². The second-order valence-electron chi connectivity index (χ2n) is 3.42. The molecule has 2 aromatic rings. The van der Waals surface area contributed by atoms with Gasteiger partial charge in [0.1, 0.15) is 0 Å². The van der Waals surface area contributed by atoms with Crippen molar-refractivity contribution in [2.24, 2.45) is 5.73 Å². The van der Waals surface area contributed by atoms with E-state index in [2.05, 4.69) is 0 Å². The molecule has 0 fully saturated rings.